The van der Waals surface area contributed by atoms with Crippen LogP contribution in [0.2, 0.25) is 11.1 Å². The van der Waals surface area contributed by atoms with E-state index in [0.29, 0.717) is 6.42 Å². The first-order valence-corrected chi connectivity index (χ1v) is 13.8. The van der Waals surface area contributed by atoms with Gasteiger partial charge in [0.1, 0.15) is 0 Å². The maximum absolute atomic E-state index is 13.0. The highest BCUT2D eigenvalue weighted by Crippen LogP contribution is 2.50. The van der Waals surface area contributed by atoms with E-state index in [1.807, 2.05) is 20.8 Å². The van der Waals surface area contributed by atoms with Crippen LogP contribution in [0.3, 0.4) is 0 Å². The summed E-state index contributed by atoms with van der Waals surface area (Å²) in [6.45, 7) is 8.06. The lowest BCUT2D eigenvalue weighted by Gasteiger charge is -2.48. The van der Waals surface area contributed by atoms with Gasteiger partial charge in [0.2, 0.25) is 5.91 Å². The Bertz CT molecular complexity index is 510. The lowest BCUT2D eigenvalue weighted by Crippen LogP contribution is -2.62. The monoisotopic (exact) mass is 451 g/mol. The van der Waals surface area contributed by atoms with Crippen molar-refractivity contribution in [2.24, 2.45) is 11.3 Å². The van der Waals surface area contributed by atoms with Gasteiger partial charge in [-0.1, -0.05) is 27.7 Å². The average Bonchev–Trinajstić information content (AvgIpc) is 2.73. The van der Waals surface area contributed by atoms with Crippen molar-refractivity contribution in [3.05, 3.63) is 0 Å². The van der Waals surface area contributed by atoms with Crippen molar-refractivity contribution in [1.29, 1.82) is 0 Å². The fraction of sp³-hybridized carbons (Fsp3) is 0.947. The summed E-state index contributed by atoms with van der Waals surface area (Å²) in [5.74, 6) is 0.162. The topological polar surface area (TPSA) is 84.5 Å². The number of carbonyl (C=O) groups excluding carboxylic acids is 1. The summed E-state index contributed by atoms with van der Waals surface area (Å²) >= 11 is 0. The van der Waals surface area contributed by atoms with Crippen molar-refractivity contribution in [3.63, 3.8) is 0 Å². The second-order valence-electron chi connectivity index (χ2n) is 8.42. The molecule has 0 spiro atoms. The molecule has 4 atom stereocenters. The first-order valence-electron chi connectivity index (χ1n) is 10.2. The van der Waals surface area contributed by atoms with Crippen molar-refractivity contribution < 1.29 is 31.4 Å². The maximum Gasteiger partial charge on any atom is 0.505 e. The molecule has 0 aromatic heterocycles. The Morgan fingerprint density at radius 2 is 1.34 bits per heavy atom. The van der Waals surface area contributed by atoms with Gasteiger partial charge in [-0.2, -0.15) is 0 Å². The van der Waals surface area contributed by atoms with Crippen molar-refractivity contribution in [3.8, 4) is 0 Å². The summed E-state index contributed by atoms with van der Waals surface area (Å²) in [7, 11) is 3.75. The molecule has 0 heterocycles. The molecule has 1 fully saturated rings. The third-order valence-electron chi connectivity index (χ3n) is 6.70. The molecular weight excluding hydrogens is 410 g/mol. The van der Waals surface area contributed by atoms with E-state index in [4.69, 9.17) is 26.6 Å². The highest BCUT2D eigenvalue weighted by atomic mass is 28.4. The molecule has 0 saturated heterocycles. The van der Waals surface area contributed by atoms with Crippen LogP contribution in [-0.4, -0.2) is 72.2 Å². The predicted octanol–water partition coefficient (Wildman–Crippen LogP) is 2.83. The fourth-order valence-electron chi connectivity index (χ4n) is 4.40. The van der Waals surface area contributed by atoms with Crippen LogP contribution in [0.4, 0.5) is 0 Å². The van der Waals surface area contributed by atoms with E-state index in [0.717, 1.165) is 12.8 Å². The SMILES string of the molecule is CCC(C)(C)C(=O)NC1C(C)CC([Si](OC)(OC)OC)CC1[Si](OC)(OC)OC. The number of nitrogens with one attached hydrogen (secondary N) is 1. The Morgan fingerprint density at radius 1 is 0.897 bits per heavy atom. The number of hydrogen-bond donors (Lipinski definition) is 1. The number of amides is 1. The standard InChI is InChI=1S/C19H41NO7Si2/c1-11-19(3,4)18(21)20-17-14(2)12-15(28(22-5,23-6)24-7)13-16(17)29(25-8,26-9)27-10/h14-17H,11-13H2,1-10H3,(H,20,21). The van der Waals surface area contributed by atoms with Gasteiger partial charge in [0.05, 0.1) is 0 Å². The fourth-order valence-corrected chi connectivity index (χ4v) is 10.2. The molecule has 8 nitrogen and oxygen atoms in total. The van der Waals surface area contributed by atoms with Gasteiger partial charge in [0, 0.05) is 65.2 Å². The molecule has 0 aromatic carbocycles. The van der Waals surface area contributed by atoms with Gasteiger partial charge in [0.15, 0.2) is 0 Å². The summed E-state index contributed by atoms with van der Waals surface area (Å²) < 4.78 is 34.9. The van der Waals surface area contributed by atoms with E-state index in [-0.39, 0.29) is 28.9 Å². The van der Waals surface area contributed by atoms with E-state index in [2.05, 4.69) is 12.2 Å². The average molecular weight is 452 g/mol. The molecule has 10 heteroatoms. The molecule has 1 amide bonds. The second-order valence-corrected chi connectivity index (χ2v) is 14.8. The molecule has 1 saturated carbocycles. The van der Waals surface area contributed by atoms with Crippen molar-refractivity contribution in [2.75, 3.05) is 42.7 Å². The van der Waals surface area contributed by atoms with E-state index < -0.39 is 23.0 Å². The Kier molecular flexibility index (Phi) is 9.95. The first-order chi connectivity index (χ1) is 13.6. The molecule has 1 rings (SSSR count). The van der Waals surface area contributed by atoms with E-state index in [9.17, 15) is 4.79 Å². The van der Waals surface area contributed by atoms with Crippen LogP contribution in [-0.2, 0) is 31.4 Å². The smallest absolute Gasteiger partial charge is 0.377 e. The normalized spacial score (nSPS) is 26.4. The third-order valence-corrected chi connectivity index (χ3v) is 13.1. The zero-order chi connectivity index (χ0) is 22.5. The lowest BCUT2D eigenvalue weighted by atomic mass is 9.83. The number of carbonyl (C=O) groups is 1. The van der Waals surface area contributed by atoms with E-state index in [1.54, 1.807) is 42.7 Å². The predicted molar refractivity (Wildman–Crippen MR) is 115 cm³/mol. The second kappa shape index (κ2) is 10.8. The molecular formula is C19H41NO7Si2. The number of hydrogen-bond acceptors (Lipinski definition) is 7. The minimum atomic E-state index is -3.08. The molecule has 0 aromatic rings. The van der Waals surface area contributed by atoms with Gasteiger partial charge in [-0.05, 0) is 25.2 Å². The van der Waals surface area contributed by atoms with Crippen molar-refractivity contribution in [1.82, 2.24) is 5.32 Å². The van der Waals surface area contributed by atoms with Crippen molar-refractivity contribution >= 4 is 23.5 Å². The molecule has 0 radical (unpaired) electrons. The molecule has 1 N–H and O–H groups in total. The highest BCUT2D eigenvalue weighted by Gasteiger charge is 2.60. The molecule has 1 aliphatic rings. The molecule has 0 bridgehead atoms. The molecule has 29 heavy (non-hydrogen) atoms. The zero-order valence-electron chi connectivity index (χ0n) is 19.8. The quantitative estimate of drug-likeness (QED) is 0.484. The highest BCUT2D eigenvalue weighted by molar-refractivity contribution is 6.64. The van der Waals surface area contributed by atoms with Crippen LogP contribution in [0.5, 0.6) is 0 Å². The Balaban J connectivity index is 3.36. The van der Waals surface area contributed by atoms with Gasteiger partial charge in [-0.15, -0.1) is 0 Å². The van der Waals surface area contributed by atoms with Gasteiger partial charge < -0.3 is 31.9 Å². The maximum atomic E-state index is 13.0. The molecule has 172 valence electrons. The Labute approximate surface area is 178 Å². The van der Waals surface area contributed by atoms with Crippen LogP contribution in [0.15, 0.2) is 0 Å². The summed E-state index contributed by atoms with van der Waals surface area (Å²) in [5.41, 5.74) is -0.565. The zero-order valence-corrected chi connectivity index (χ0v) is 21.8. The molecule has 4 unspecified atom stereocenters. The minimum Gasteiger partial charge on any atom is -0.377 e. The van der Waals surface area contributed by atoms with Crippen LogP contribution in [0.1, 0.15) is 47.0 Å². The summed E-state index contributed by atoms with van der Waals surface area (Å²) in [6, 6.07) is -0.145. The summed E-state index contributed by atoms with van der Waals surface area (Å²) in [6.07, 6.45) is 2.21. The lowest BCUT2D eigenvalue weighted by molar-refractivity contribution is -0.131. The van der Waals surface area contributed by atoms with Crippen LogP contribution < -0.4 is 5.32 Å². The van der Waals surface area contributed by atoms with E-state index in [1.165, 1.54) is 0 Å². The molecule has 1 aliphatic carbocycles. The number of rotatable bonds is 11. The van der Waals surface area contributed by atoms with Gasteiger partial charge >= 0.3 is 17.6 Å². The summed E-state index contributed by atoms with van der Waals surface area (Å²) in [4.78, 5) is 13.0. The van der Waals surface area contributed by atoms with Gasteiger partial charge in [0.25, 0.3) is 0 Å². The first kappa shape index (κ1) is 26.7. The molecule has 0 aliphatic heterocycles. The van der Waals surface area contributed by atoms with Crippen LogP contribution in [0, 0.1) is 11.3 Å². The Morgan fingerprint density at radius 3 is 1.72 bits per heavy atom. The van der Waals surface area contributed by atoms with Crippen molar-refractivity contribution in [2.45, 2.75) is 64.1 Å². The van der Waals surface area contributed by atoms with Gasteiger partial charge in [-0.25, -0.2) is 0 Å². The van der Waals surface area contributed by atoms with Gasteiger partial charge in [-0.3, -0.25) is 4.79 Å². The van der Waals surface area contributed by atoms with Crippen LogP contribution in [0.25, 0.3) is 0 Å². The minimum absolute atomic E-state index is 0.0280. The summed E-state index contributed by atoms with van der Waals surface area (Å²) in [5, 5.41) is 3.29. The van der Waals surface area contributed by atoms with Crippen LogP contribution >= 0.6 is 0 Å². The Hall–Kier alpha value is -0.336. The largest absolute Gasteiger partial charge is 0.505 e. The van der Waals surface area contributed by atoms with E-state index >= 15 is 0 Å². The third kappa shape index (κ3) is 5.29.